The van der Waals surface area contributed by atoms with Gasteiger partial charge in [-0.15, -0.1) is 11.8 Å². The quantitative estimate of drug-likeness (QED) is 0.171. The van der Waals surface area contributed by atoms with Gasteiger partial charge in [0.1, 0.15) is 11.5 Å². The number of carboxylic acids is 1. The van der Waals surface area contributed by atoms with Gasteiger partial charge in [-0.3, -0.25) is 4.79 Å². The summed E-state index contributed by atoms with van der Waals surface area (Å²) in [6.07, 6.45) is -0.0751. The van der Waals surface area contributed by atoms with Crippen LogP contribution in [-0.4, -0.2) is 18.2 Å². The number of carboxylic acid groups (broad SMARTS) is 1. The molecule has 4 aromatic rings. The minimum absolute atomic E-state index is 0.0333. The summed E-state index contributed by atoms with van der Waals surface area (Å²) in [4.78, 5) is 11.3. The molecule has 1 atom stereocenters. The first-order chi connectivity index (χ1) is 19.2. The van der Waals surface area contributed by atoms with Crippen LogP contribution in [0.3, 0.4) is 0 Å². The average molecular weight is 684 g/mol. The van der Waals surface area contributed by atoms with Gasteiger partial charge in [0.25, 0.3) is 0 Å². The van der Waals surface area contributed by atoms with Gasteiger partial charge in [-0.05, 0) is 85.7 Å². The van der Waals surface area contributed by atoms with Crippen molar-refractivity contribution in [2.45, 2.75) is 44.1 Å². The molecule has 1 unspecified atom stereocenters. The molecule has 0 spiro atoms. The SMILES string of the molecule is COc1cc(C(SCc2ccccc2)c2cccc(C)c2)c(Oc2c(Br)cc(CC(=O)O)cc2Br)cc1C(C)C. The molecule has 0 amide bonds. The summed E-state index contributed by atoms with van der Waals surface area (Å²) >= 11 is 9.08. The van der Waals surface area contributed by atoms with Gasteiger partial charge in [-0.25, -0.2) is 0 Å². The molecule has 0 aliphatic carbocycles. The van der Waals surface area contributed by atoms with Gasteiger partial charge in [0.05, 0.1) is 27.7 Å². The van der Waals surface area contributed by atoms with Crippen LogP contribution in [0.2, 0.25) is 0 Å². The van der Waals surface area contributed by atoms with E-state index < -0.39 is 5.97 Å². The van der Waals surface area contributed by atoms with Crippen molar-refractivity contribution in [1.82, 2.24) is 0 Å². The number of thioether (sulfide) groups is 1. The molecule has 0 aromatic heterocycles. The molecule has 0 saturated heterocycles. The highest BCUT2D eigenvalue weighted by molar-refractivity contribution is 9.11. The lowest BCUT2D eigenvalue weighted by Gasteiger charge is -2.25. The highest BCUT2D eigenvalue weighted by Gasteiger charge is 2.25. The first kappa shape index (κ1) is 30.2. The van der Waals surface area contributed by atoms with Crippen LogP contribution in [0.15, 0.2) is 87.8 Å². The van der Waals surface area contributed by atoms with Crippen LogP contribution in [0.25, 0.3) is 0 Å². The summed E-state index contributed by atoms with van der Waals surface area (Å²) in [6, 6.07) is 26.8. The van der Waals surface area contributed by atoms with Crippen LogP contribution in [-0.2, 0) is 17.0 Å². The fraction of sp³-hybridized carbons (Fsp3) is 0.242. The second kappa shape index (κ2) is 13.7. The number of benzene rings is 4. The topological polar surface area (TPSA) is 55.8 Å². The van der Waals surface area contributed by atoms with Crippen molar-refractivity contribution in [3.8, 4) is 17.2 Å². The van der Waals surface area contributed by atoms with Gasteiger partial charge < -0.3 is 14.6 Å². The summed E-state index contributed by atoms with van der Waals surface area (Å²) in [5, 5.41) is 9.23. The Balaban J connectivity index is 1.86. The summed E-state index contributed by atoms with van der Waals surface area (Å²) in [6.45, 7) is 6.38. The Hall–Kier alpha value is -2.74. The summed E-state index contributed by atoms with van der Waals surface area (Å²) in [5.41, 5.74) is 6.34. The molecule has 4 aromatic carbocycles. The smallest absolute Gasteiger partial charge is 0.307 e. The number of hydrogen-bond donors (Lipinski definition) is 1. The summed E-state index contributed by atoms with van der Waals surface area (Å²) < 4.78 is 13.9. The molecule has 40 heavy (non-hydrogen) atoms. The fourth-order valence-corrected chi connectivity index (χ4v) is 7.26. The molecule has 4 nitrogen and oxygen atoms in total. The normalized spacial score (nSPS) is 11.9. The van der Waals surface area contributed by atoms with Crippen molar-refractivity contribution in [2.24, 2.45) is 0 Å². The van der Waals surface area contributed by atoms with Crippen LogP contribution in [0.1, 0.15) is 58.4 Å². The third-order valence-electron chi connectivity index (χ3n) is 6.50. The third kappa shape index (κ3) is 7.50. The van der Waals surface area contributed by atoms with E-state index in [1.165, 1.54) is 16.7 Å². The number of rotatable bonds is 11. The molecular formula is C33H32Br2O4S. The number of halogens is 2. The zero-order valence-electron chi connectivity index (χ0n) is 22.9. The van der Waals surface area contributed by atoms with Crippen molar-refractivity contribution >= 4 is 49.6 Å². The molecule has 0 fully saturated rings. The zero-order valence-corrected chi connectivity index (χ0v) is 26.9. The number of methoxy groups -OCH3 is 1. The van der Waals surface area contributed by atoms with E-state index >= 15 is 0 Å². The second-order valence-electron chi connectivity index (χ2n) is 9.94. The van der Waals surface area contributed by atoms with E-state index in [0.29, 0.717) is 20.3 Å². The van der Waals surface area contributed by atoms with Gasteiger partial charge in [0.15, 0.2) is 5.75 Å². The lowest BCUT2D eigenvalue weighted by molar-refractivity contribution is -0.136. The highest BCUT2D eigenvalue weighted by atomic mass is 79.9. The van der Waals surface area contributed by atoms with Gasteiger partial charge in [0.2, 0.25) is 0 Å². The number of ether oxygens (including phenoxy) is 2. The standard InChI is InChI=1S/C33H32Br2O4S/c1-20(2)25-17-30(39-32-27(34)14-23(15-28(32)35)16-31(36)37)26(18-29(25)38-4)33(24-12-8-9-21(3)13-24)40-19-22-10-6-5-7-11-22/h5-15,17-18,20,33H,16,19H2,1-4H3,(H,36,37). The molecule has 0 saturated carbocycles. The van der Waals surface area contributed by atoms with E-state index in [9.17, 15) is 9.90 Å². The Labute approximate surface area is 257 Å². The Morgan fingerprint density at radius 3 is 2.15 bits per heavy atom. The van der Waals surface area contributed by atoms with Crippen LogP contribution in [0, 0.1) is 6.92 Å². The third-order valence-corrected chi connectivity index (χ3v) is 9.03. The van der Waals surface area contributed by atoms with Crippen LogP contribution < -0.4 is 9.47 Å². The molecule has 208 valence electrons. The lowest BCUT2D eigenvalue weighted by Crippen LogP contribution is -2.05. The predicted octanol–water partition coefficient (Wildman–Crippen LogP) is 10.1. The van der Waals surface area contributed by atoms with Crippen LogP contribution >= 0.6 is 43.6 Å². The molecule has 0 aliphatic rings. The highest BCUT2D eigenvalue weighted by Crippen LogP contribution is 2.48. The summed E-state index contributed by atoms with van der Waals surface area (Å²) in [5.74, 6) is 2.29. The molecule has 0 radical (unpaired) electrons. The second-order valence-corrected chi connectivity index (χ2v) is 12.7. The van der Waals surface area contributed by atoms with E-state index in [1.54, 1.807) is 19.2 Å². The van der Waals surface area contributed by atoms with Crippen molar-refractivity contribution < 1.29 is 19.4 Å². The summed E-state index contributed by atoms with van der Waals surface area (Å²) in [7, 11) is 1.71. The minimum Gasteiger partial charge on any atom is -0.496 e. The van der Waals surface area contributed by atoms with E-state index in [4.69, 9.17) is 9.47 Å². The maximum absolute atomic E-state index is 11.3. The van der Waals surface area contributed by atoms with Gasteiger partial charge in [-0.1, -0.05) is 74.0 Å². The molecule has 1 N–H and O–H groups in total. The van der Waals surface area contributed by atoms with Crippen LogP contribution in [0.4, 0.5) is 0 Å². The Morgan fingerprint density at radius 2 is 1.55 bits per heavy atom. The number of hydrogen-bond acceptors (Lipinski definition) is 4. The maximum atomic E-state index is 11.3. The Kier molecular flexibility index (Phi) is 10.4. The molecule has 7 heteroatoms. The predicted molar refractivity (Wildman–Crippen MR) is 171 cm³/mol. The van der Waals surface area contributed by atoms with E-state index in [2.05, 4.69) is 113 Å². The monoisotopic (exact) mass is 682 g/mol. The van der Waals surface area contributed by atoms with Gasteiger partial charge in [0, 0.05) is 16.9 Å². The lowest BCUT2D eigenvalue weighted by atomic mass is 9.95. The average Bonchev–Trinajstić information content (AvgIpc) is 2.91. The largest absolute Gasteiger partial charge is 0.496 e. The molecule has 0 aliphatic heterocycles. The fourth-order valence-electron chi connectivity index (χ4n) is 4.56. The number of aliphatic carboxylic acids is 1. The molecule has 0 bridgehead atoms. The number of aryl methyl sites for hydroxylation is 1. The minimum atomic E-state index is -0.886. The van der Waals surface area contributed by atoms with E-state index in [-0.39, 0.29) is 17.6 Å². The van der Waals surface area contributed by atoms with E-state index in [1.807, 2.05) is 17.8 Å². The van der Waals surface area contributed by atoms with Crippen molar-refractivity contribution in [1.29, 1.82) is 0 Å². The Morgan fingerprint density at radius 1 is 0.875 bits per heavy atom. The molecule has 4 rings (SSSR count). The van der Waals surface area contributed by atoms with Crippen molar-refractivity contribution in [3.63, 3.8) is 0 Å². The van der Waals surface area contributed by atoms with Gasteiger partial charge >= 0.3 is 5.97 Å². The van der Waals surface area contributed by atoms with Gasteiger partial charge in [-0.2, -0.15) is 0 Å². The van der Waals surface area contributed by atoms with Crippen molar-refractivity contribution in [2.75, 3.05) is 7.11 Å². The first-order valence-electron chi connectivity index (χ1n) is 13.0. The maximum Gasteiger partial charge on any atom is 0.307 e. The first-order valence-corrected chi connectivity index (χ1v) is 15.6. The molecule has 0 heterocycles. The zero-order chi connectivity index (χ0) is 28.8. The number of carbonyl (C=O) groups is 1. The van der Waals surface area contributed by atoms with E-state index in [0.717, 1.165) is 28.4 Å². The van der Waals surface area contributed by atoms with Crippen LogP contribution in [0.5, 0.6) is 17.2 Å². The Bertz CT molecular complexity index is 1460. The molecular weight excluding hydrogens is 652 g/mol. The van der Waals surface area contributed by atoms with Crippen molar-refractivity contribution in [3.05, 3.63) is 121 Å².